The van der Waals surface area contributed by atoms with Crippen molar-refractivity contribution in [2.75, 3.05) is 47.0 Å². The smallest absolute Gasteiger partial charge is 0.330 e. The van der Waals surface area contributed by atoms with E-state index in [0.717, 1.165) is 28.2 Å². The van der Waals surface area contributed by atoms with Gasteiger partial charge in [0.2, 0.25) is 0 Å². The van der Waals surface area contributed by atoms with Crippen LogP contribution >= 0.6 is 7.60 Å². The molecule has 3 aromatic carbocycles. The minimum absolute atomic E-state index is 0.0865. The van der Waals surface area contributed by atoms with Gasteiger partial charge in [-0.2, -0.15) is 0 Å². The molecule has 3 heterocycles. The number of aliphatic hydroxyl groups excluding tert-OH is 1. The molecule has 5 aromatic rings. The molecule has 1 aliphatic rings. The Labute approximate surface area is 284 Å². The van der Waals surface area contributed by atoms with Crippen LogP contribution in [0.3, 0.4) is 0 Å². The molecule has 0 aliphatic carbocycles. The lowest BCUT2D eigenvalue weighted by Crippen LogP contribution is -2.38. The number of aromatic nitrogens is 4. The summed E-state index contributed by atoms with van der Waals surface area (Å²) in [5, 5.41) is 15.1. The summed E-state index contributed by atoms with van der Waals surface area (Å²) in [4.78, 5) is 14.0. The average Bonchev–Trinajstić information content (AvgIpc) is 3.73. The zero-order valence-corrected chi connectivity index (χ0v) is 28.8. The van der Waals surface area contributed by atoms with Crippen molar-refractivity contribution in [1.82, 2.24) is 19.5 Å². The van der Waals surface area contributed by atoms with Crippen LogP contribution in [0, 0.1) is 0 Å². The largest absolute Gasteiger partial charge is 0.497 e. The van der Waals surface area contributed by atoms with E-state index in [1.54, 1.807) is 25.1 Å². The van der Waals surface area contributed by atoms with E-state index in [1.165, 1.54) is 27.7 Å². The van der Waals surface area contributed by atoms with Crippen molar-refractivity contribution in [2.24, 2.45) is 0 Å². The van der Waals surface area contributed by atoms with E-state index in [4.69, 9.17) is 33.0 Å². The fraction of sp³-hybridized carbons (Fsp3) is 0.343. The van der Waals surface area contributed by atoms with Gasteiger partial charge in [0.15, 0.2) is 23.2 Å². The first-order chi connectivity index (χ1) is 23.8. The quantitative estimate of drug-likeness (QED) is 0.114. The number of methoxy groups -OCH3 is 3. The second kappa shape index (κ2) is 14.6. The molecule has 0 radical (unpaired) electrons. The third kappa shape index (κ3) is 6.53. The van der Waals surface area contributed by atoms with E-state index in [9.17, 15) is 9.67 Å². The monoisotopic (exact) mass is 689 g/mol. The van der Waals surface area contributed by atoms with Gasteiger partial charge in [0.25, 0.3) is 0 Å². The predicted octanol–water partition coefficient (Wildman–Crippen LogP) is 5.40. The summed E-state index contributed by atoms with van der Waals surface area (Å²) in [6.45, 7) is 0. The van der Waals surface area contributed by atoms with Crippen molar-refractivity contribution in [2.45, 2.75) is 36.5 Å². The third-order valence-electron chi connectivity index (χ3n) is 9.02. The molecule has 258 valence electrons. The lowest BCUT2D eigenvalue weighted by molar-refractivity contribution is -0.0357. The highest BCUT2D eigenvalue weighted by Gasteiger charge is 2.46. The summed E-state index contributed by atoms with van der Waals surface area (Å²) in [7, 11) is 4.14. The Bertz CT molecular complexity index is 1830. The summed E-state index contributed by atoms with van der Waals surface area (Å²) >= 11 is 0. The summed E-state index contributed by atoms with van der Waals surface area (Å²) in [5.41, 5.74) is 2.71. The number of imidazole rings is 1. The fourth-order valence-electron chi connectivity index (χ4n) is 6.41. The Balaban J connectivity index is 1.43. The summed E-state index contributed by atoms with van der Waals surface area (Å²) < 4.78 is 47.5. The number of hydrogen-bond donors (Lipinski definition) is 2. The summed E-state index contributed by atoms with van der Waals surface area (Å²) in [5.74, 6) is 1.89. The number of nitrogens with one attached hydrogen (secondary N) is 1. The number of hydrogen-bond acceptors (Lipinski definition) is 12. The highest BCUT2D eigenvalue weighted by Crippen LogP contribution is 2.48. The molecule has 0 spiro atoms. The molecule has 0 saturated carbocycles. The van der Waals surface area contributed by atoms with Gasteiger partial charge in [-0.05, 0) is 47.4 Å². The number of nitrogens with zero attached hydrogens (tertiary/aromatic N) is 4. The number of ether oxygens (including phenoxy) is 4. The van der Waals surface area contributed by atoms with Crippen molar-refractivity contribution in [1.29, 1.82) is 0 Å². The lowest BCUT2D eigenvalue weighted by atomic mass is 9.77. The second-order valence-electron chi connectivity index (χ2n) is 11.5. The van der Waals surface area contributed by atoms with Gasteiger partial charge in [0.1, 0.15) is 35.6 Å². The van der Waals surface area contributed by atoms with Gasteiger partial charge in [0, 0.05) is 21.3 Å². The molecule has 49 heavy (non-hydrogen) atoms. The first-order valence-electron chi connectivity index (χ1n) is 15.7. The van der Waals surface area contributed by atoms with Crippen LogP contribution in [0.15, 0.2) is 91.5 Å². The Kier molecular flexibility index (Phi) is 10.3. The maximum Gasteiger partial charge on any atom is 0.330 e. The third-order valence-corrected chi connectivity index (χ3v) is 10.9. The minimum atomic E-state index is -3.30. The van der Waals surface area contributed by atoms with E-state index >= 15 is 0 Å². The van der Waals surface area contributed by atoms with Crippen molar-refractivity contribution in [3.63, 3.8) is 0 Å². The van der Waals surface area contributed by atoms with E-state index in [1.807, 2.05) is 66.7 Å². The molecular weight excluding hydrogens is 649 g/mol. The average molecular weight is 690 g/mol. The van der Waals surface area contributed by atoms with E-state index in [2.05, 4.69) is 27.4 Å². The van der Waals surface area contributed by atoms with Crippen molar-refractivity contribution >= 4 is 24.6 Å². The highest BCUT2D eigenvalue weighted by atomic mass is 31.2. The van der Waals surface area contributed by atoms with Crippen LogP contribution in [0.25, 0.3) is 11.2 Å². The van der Waals surface area contributed by atoms with Crippen LogP contribution in [0.4, 0.5) is 5.82 Å². The van der Waals surface area contributed by atoms with Crippen LogP contribution in [0.1, 0.15) is 29.3 Å². The molecule has 0 unspecified atom stereocenters. The van der Waals surface area contributed by atoms with Crippen LogP contribution in [0.5, 0.6) is 11.5 Å². The van der Waals surface area contributed by atoms with Crippen LogP contribution < -0.4 is 14.8 Å². The number of benzene rings is 3. The predicted molar refractivity (Wildman–Crippen MR) is 183 cm³/mol. The molecule has 2 N–H and O–H groups in total. The number of rotatable bonds is 14. The van der Waals surface area contributed by atoms with E-state index in [-0.39, 0.29) is 12.6 Å². The summed E-state index contributed by atoms with van der Waals surface area (Å²) in [6.07, 6.45) is 0.0797. The van der Waals surface area contributed by atoms with Crippen molar-refractivity contribution in [3.8, 4) is 11.5 Å². The topological polar surface area (TPSA) is 148 Å². The fourth-order valence-corrected chi connectivity index (χ4v) is 7.49. The van der Waals surface area contributed by atoms with E-state index in [0.29, 0.717) is 17.0 Å². The molecule has 4 atom stereocenters. The Hall–Kier alpha value is -4.36. The molecule has 0 bridgehead atoms. The Morgan fingerprint density at radius 1 is 0.837 bits per heavy atom. The zero-order valence-electron chi connectivity index (χ0n) is 27.9. The first-order valence-corrected chi connectivity index (χ1v) is 17.4. The van der Waals surface area contributed by atoms with Gasteiger partial charge in [-0.15, -0.1) is 0 Å². The van der Waals surface area contributed by atoms with Gasteiger partial charge in [0.05, 0.1) is 32.8 Å². The molecule has 1 fully saturated rings. The molecule has 2 aromatic heterocycles. The van der Waals surface area contributed by atoms with Crippen molar-refractivity contribution in [3.05, 3.63) is 108 Å². The SMILES string of the molecule is COc1ccc(C(Nc2ncnc3c2ncn3[C@@H]2O[C@H](CCP(=O)(OC)OC)[C@@H](OC)[C@H]2O)(c2ccccc2)c2ccc(OC)cc2)cc1. The number of anilines is 1. The Morgan fingerprint density at radius 2 is 1.43 bits per heavy atom. The zero-order chi connectivity index (χ0) is 34.6. The van der Waals surface area contributed by atoms with Crippen molar-refractivity contribution < 1.29 is 37.7 Å². The molecule has 13 nitrogen and oxygen atoms in total. The van der Waals surface area contributed by atoms with Gasteiger partial charge in [-0.3, -0.25) is 9.13 Å². The Morgan fingerprint density at radius 3 is 1.98 bits per heavy atom. The van der Waals surface area contributed by atoms with Gasteiger partial charge in [-0.1, -0.05) is 54.6 Å². The van der Waals surface area contributed by atoms with Gasteiger partial charge < -0.3 is 38.4 Å². The maximum atomic E-state index is 12.7. The first kappa shape index (κ1) is 34.5. The van der Waals surface area contributed by atoms with E-state index < -0.39 is 37.7 Å². The van der Waals surface area contributed by atoms with Crippen LogP contribution in [-0.4, -0.2) is 84.6 Å². The molecule has 6 rings (SSSR count). The lowest BCUT2D eigenvalue weighted by Gasteiger charge is -2.37. The molecular formula is C35H40N5O8P. The minimum Gasteiger partial charge on any atom is -0.497 e. The maximum absolute atomic E-state index is 12.7. The molecule has 14 heteroatoms. The van der Waals surface area contributed by atoms with Crippen LogP contribution in [0.2, 0.25) is 0 Å². The van der Waals surface area contributed by atoms with Crippen LogP contribution in [-0.2, 0) is 28.6 Å². The second-order valence-corrected chi connectivity index (χ2v) is 13.9. The highest BCUT2D eigenvalue weighted by molar-refractivity contribution is 7.53. The molecule has 1 aliphatic heterocycles. The standard InChI is InChI=1S/C35H40N5O8P/c1-43-26-15-11-24(12-16-26)35(23-9-7-6-8-10-23,25-13-17-27(44-2)18-14-25)39-32-29-33(37-21-36-32)40(22-38-29)34-30(41)31(45-3)28(48-34)19-20-49(42,46-4)47-5/h6-18,21-22,28,30-31,34,41H,19-20H2,1-5H3,(H,36,37,39)/t28-,30-,31-,34-/m1/s1. The van der Waals surface area contributed by atoms with Gasteiger partial charge in [-0.25, -0.2) is 15.0 Å². The molecule has 0 amide bonds. The number of aliphatic hydroxyl groups is 1. The normalized spacial score (nSPS) is 19.6. The molecule has 1 saturated heterocycles. The number of fused-ring (bicyclic) bond motifs is 1. The van der Waals surface area contributed by atoms with Gasteiger partial charge >= 0.3 is 7.60 Å². The summed E-state index contributed by atoms with van der Waals surface area (Å²) in [6, 6.07) is 25.8.